The molecule has 2 heterocycles. The summed E-state index contributed by atoms with van der Waals surface area (Å²) in [4.78, 5) is 27.4. The molecule has 10 nitrogen and oxygen atoms in total. The molecule has 1 fully saturated rings. The molecule has 1 N–H and O–H groups in total. The van der Waals surface area contributed by atoms with Gasteiger partial charge in [0.05, 0.1) is 34.9 Å². The number of carbonyl (C=O) groups is 1. The van der Waals surface area contributed by atoms with Crippen LogP contribution in [0, 0.1) is 15.5 Å². The Morgan fingerprint density at radius 1 is 0.957 bits per heavy atom. The van der Waals surface area contributed by atoms with Gasteiger partial charge in [0.15, 0.2) is 0 Å². The van der Waals surface area contributed by atoms with Crippen molar-refractivity contribution < 1.29 is 28.1 Å². The van der Waals surface area contributed by atoms with Crippen LogP contribution in [-0.4, -0.2) is 42.2 Å². The first-order valence-corrected chi connectivity index (χ1v) is 16.8. The van der Waals surface area contributed by atoms with Crippen LogP contribution in [0.3, 0.4) is 0 Å². The van der Waals surface area contributed by atoms with Gasteiger partial charge in [-0.05, 0) is 30.5 Å². The van der Waals surface area contributed by atoms with Gasteiger partial charge in [-0.25, -0.2) is 4.79 Å². The molecule has 0 spiro atoms. The molecule has 0 saturated carbocycles. The van der Waals surface area contributed by atoms with E-state index in [2.05, 4.69) is 34.5 Å². The molecule has 0 aliphatic carbocycles. The lowest BCUT2D eigenvalue weighted by molar-refractivity contribution is -0.384. The Balaban J connectivity index is 1.42. The first-order chi connectivity index (χ1) is 22.0. The van der Waals surface area contributed by atoms with Crippen LogP contribution in [-0.2, 0) is 36.2 Å². The number of nitro benzene ring substituents is 1. The van der Waals surface area contributed by atoms with E-state index in [0.717, 1.165) is 11.1 Å². The highest BCUT2D eigenvalue weighted by Gasteiger charge is 2.48. The third-order valence-electron chi connectivity index (χ3n) is 8.04. The first-order valence-electron chi connectivity index (χ1n) is 15.3. The zero-order valence-corrected chi connectivity index (χ0v) is 27.5. The second kappa shape index (κ2) is 14.1. The molecule has 1 saturated heterocycles. The highest BCUT2D eigenvalue weighted by atomic mass is 31.2. The van der Waals surface area contributed by atoms with E-state index in [4.69, 9.17) is 13.8 Å². The molecule has 2 aliphatic rings. The predicted octanol–water partition coefficient (Wildman–Crippen LogP) is 7.30. The Labute approximate surface area is 269 Å². The minimum Gasteiger partial charge on any atom is -0.461 e. The molecule has 3 aromatic carbocycles. The van der Waals surface area contributed by atoms with Crippen molar-refractivity contribution in [2.75, 3.05) is 26.4 Å². The maximum atomic E-state index is 14.4. The Kier molecular flexibility index (Phi) is 10.2. The minimum absolute atomic E-state index is 0.0911. The Morgan fingerprint density at radius 3 is 2.11 bits per heavy atom. The van der Waals surface area contributed by atoms with Gasteiger partial charge in [-0.1, -0.05) is 86.6 Å². The first kappa shape index (κ1) is 33.3. The van der Waals surface area contributed by atoms with Gasteiger partial charge in [0.1, 0.15) is 6.61 Å². The zero-order valence-electron chi connectivity index (χ0n) is 26.6. The zero-order chi connectivity index (χ0) is 32.9. The van der Waals surface area contributed by atoms with E-state index in [9.17, 15) is 19.5 Å². The SMILES string of the molecule is CC1=C(C(=O)OCCN(Cc2ccccc2)Cc2ccccc2)C(c2cccc([N+](=O)[O-])c2)C(P2(=O)OCC(C)(C)CO2)=C(C)N1. The summed E-state index contributed by atoms with van der Waals surface area (Å²) in [6, 6.07) is 26.2. The van der Waals surface area contributed by atoms with Crippen molar-refractivity contribution in [3.05, 3.63) is 134 Å². The van der Waals surface area contributed by atoms with E-state index in [0.29, 0.717) is 36.6 Å². The number of nitrogens with zero attached hydrogens (tertiary/aromatic N) is 2. The fraction of sp³-hybridized carbons (Fsp3) is 0.343. The number of dihydropyridines is 1. The Hall–Kier alpha value is -4.08. The second-order valence-electron chi connectivity index (χ2n) is 12.5. The van der Waals surface area contributed by atoms with Crippen LogP contribution in [0.2, 0.25) is 0 Å². The predicted molar refractivity (Wildman–Crippen MR) is 176 cm³/mol. The van der Waals surface area contributed by atoms with Crippen LogP contribution in [0.1, 0.15) is 50.3 Å². The van der Waals surface area contributed by atoms with Gasteiger partial charge in [-0.15, -0.1) is 0 Å². The number of esters is 1. The average Bonchev–Trinajstić information content (AvgIpc) is 3.03. The molecule has 5 rings (SSSR count). The van der Waals surface area contributed by atoms with Crippen LogP contribution in [0.25, 0.3) is 0 Å². The van der Waals surface area contributed by atoms with Crippen LogP contribution in [0.4, 0.5) is 5.69 Å². The van der Waals surface area contributed by atoms with E-state index in [1.165, 1.54) is 12.1 Å². The number of rotatable bonds is 11. The number of ether oxygens (including phenoxy) is 1. The van der Waals surface area contributed by atoms with E-state index in [1.54, 1.807) is 26.0 Å². The number of carbonyl (C=O) groups excluding carboxylic acids is 1. The minimum atomic E-state index is -3.91. The summed E-state index contributed by atoms with van der Waals surface area (Å²) in [5.74, 6) is -1.57. The molecule has 11 heteroatoms. The molecule has 2 aliphatic heterocycles. The third kappa shape index (κ3) is 7.82. The van der Waals surface area contributed by atoms with Crippen molar-refractivity contribution in [3.63, 3.8) is 0 Å². The average molecular weight is 646 g/mol. The fourth-order valence-corrected chi connectivity index (χ4v) is 8.19. The Bertz CT molecular complexity index is 1630. The molecular formula is C35H40N3O7P. The van der Waals surface area contributed by atoms with Gasteiger partial charge in [-0.3, -0.25) is 19.6 Å². The van der Waals surface area contributed by atoms with Gasteiger partial charge < -0.3 is 19.1 Å². The number of nitro groups is 1. The number of allylic oxidation sites excluding steroid dienone is 3. The van der Waals surface area contributed by atoms with Crippen molar-refractivity contribution >= 4 is 19.3 Å². The van der Waals surface area contributed by atoms with E-state index >= 15 is 0 Å². The smallest absolute Gasteiger partial charge is 0.360 e. The molecule has 242 valence electrons. The van der Waals surface area contributed by atoms with Crippen LogP contribution >= 0.6 is 7.60 Å². The summed E-state index contributed by atoms with van der Waals surface area (Å²) in [5, 5.41) is 15.2. The molecule has 46 heavy (non-hydrogen) atoms. The molecule has 0 radical (unpaired) electrons. The van der Waals surface area contributed by atoms with Crippen molar-refractivity contribution in [3.8, 4) is 0 Å². The van der Waals surface area contributed by atoms with Gasteiger partial charge in [0.25, 0.3) is 5.69 Å². The van der Waals surface area contributed by atoms with Gasteiger partial charge in [0, 0.05) is 48.6 Å². The van der Waals surface area contributed by atoms with Crippen LogP contribution in [0.15, 0.2) is 107 Å². The summed E-state index contributed by atoms with van der Waals surface area (Å²) < 4.78 is 32.1. The van der Waals surface area contributed by atoms with Crippen molar-refractivity contribution in [1.29, 1.82) is 0 Å². The maximum Gasteiger partial charge on any atom is 0.360 e. The maximum absolute atomic E-state index is 14.4. The number of benzene rings is 3. The lowest BCUT2D eigenvalue weighted by Gasteiger charge is -2.39. The van der Waals surface area contributed by atoms with E-state index in [1.807, 2.05) is 50.2 Å². The molecule has 3 aromatic rings. The summed E-state index contributed by atoms with van der Waals surface area (Å²) in [5.41, 5.74) is 3.38. The van der Waals surface area contributed by atoms with Crippen molar-refractivity contribution in [1.82, 2.24) is 10.2 Å². The molecular weight excluding hydrogens is 605 g/mol. The molecule has 0 bridgehead atoms. The van der Waals surface area contributed by atoms with Crippen LogP contribution < -0.4 is 5.32 Å². The van der Waals surface area contributed by atoms with Gasteiger partial charge >= 0.3 is 13.6 Å². The fourth-order valence-electron chi connectivity index (χ4n) is 5.74. The number of hydrogen-bond acceptors (Lipinski definition) is 9. The van der Waals surface area contributed by atoms with Crippen LogP contribution in [0.5, 0.6) is 0 Å². The van der Waals surface area contributed by atoms with Gasteiger partial charge in [-0.2, -0.15) is 0 Å². The highest BCUT2D eigenvalue weighted by molar-refractivity contribution is 7.58. The third-order valence-corrected chi connectivity index (χ3v) is 10.2. The molecule has 0 amide bonds. The number of hydrogen-bond donors (Lipinski definition) is 1. The summed E-state index contributed by atoms with van der Waals surface area (Å²) >= 11 is 0. The van der Waals surface area contributed by atoms with Crippen molar-refractivity contribution in [2.45, 2.75) is 46.7 Å². The summed E-state index contributed by atoms with van der Waals surface area (Å²) in [6.45, 7) is 9.60. The van der Waals surface area contributed by atoms with Crippen molar-refractivity contribution in [2.24, 2.45) is 5.41 Å². The summed E-state index contributed by atoms with van der Waals surface area (Å²) in [7, 11) is -3.91. The summed E-state index contributed by atoms with van der Waals surface area (Å²) in [6.07, 6.45) is 0. The quantitative estimate of drug-likeness (QED) is 0.0991. The second-order valence-corrected chi connectivity index (χ2v) is 14.5. The largest absolute Gasteiger partial charge is 0.461 e. The number of non-ortho nitro benzene ring substituents is 1. The molecule has 1 atom stereocenters. The molecule has 1 unspecified atom stereocenters. The standard InChI is InChI=1S/C35H40N3O7P/c1-25-31(34(39)43-19-18-37(21-27-12-7-5-8-13-27)22-28-14-9-6-10-15-28)32(29-16-11-17-30(20-29)38(40)41)33(26(2)36-25)46(42)44-23-35(3,4)24-45-46/h5-17,20,32,36H,18-19,21-24H2,1-4H3. The van der Waals surface area contributed by atoms with Gasteiger partial charge in [0.2, 0.25) is 0 Å². The van der Waals surface area contributed by atoms with E-state index in [-0.39, 0.29) is 41.8 Å². The lowest BCUT2D eigenvalue weighted by atomic mass is 9.86. The number of nitrogens with one attached hydrogen (secondary N) is 1. The molecule has 0 aromatic heterocycles. The lowest BCUT2D eigenvalue weighted by Crippen LogP contribution is -2.34. The van der Waals surface area contributed by atoms with E-state index < -0.39 is 24.4 Å². The highest BCUT2D eigenvalue weighted by Crippen LogP contribution is 2.66. The topological polar surface area (TPSA) is 120 Å². The normalized spacial score (nSPS) is 19.1. The Morgan fingerprint density at radius 2 is 1.54 bits per heavy atom. The monoisotopic (exact) mass is 645 g/mol.